The van der Waals surface area contributed by atoms with E-state index in [9.17, 15) is 22.8 Å². The molecule has 6 rings (SSSR count). The lowest BCUT2D eigenvalue weighted by molar-refractivity contribution is -0.136. The van der Waals surface area contributed by atoms with E-state index in [2.05, 4.69) is 25.4 Å². The van der Waals surface area contributed by atoms with Gasteiger partial charge in [0.05, 0.1) is 16.8 Å². The molecule has 1 aromatic carbocycles. The lowest BCUT2D eigenvalue weighted by Crippen LogP contribution is -2.57. The number of rotatable bonds is 7. The van der Waals surface area contributed by atoms with Crippen molar-refractivity contribution in [2.45, 2.75) is 50.7 Å². The van der Waals surface area contributed by atoms with Gasteiger partial charge in [-0.05, 0) is 63.7 Å². The first-order chi connectivity index (χ1) is 22.5. The van der Waals surface area contributed by atoms with Crippen molar-refractivity contribution in [3.8, 4) is 0 Å². The summed E-state index contributed by atoms with van der Waals surface area (Å²) in [5.41, 5.74) is -0.374. The number of ether oxygens (including phenoxy) is 1. The highest BCUT2D eigenvalue weighted by atomic mass is 19.4. The summed E-state index contributed by atoms with van der Waals surface area (Å²) in [6.07, 6.45) is 5.42. The van der Waals surface area contributed by atoms with E-state index < -0.39 is 23.5 Å². The maximum Gasteiger partial charge on any atom is 0.418 e. The third-order valence-corrected chi connectivity index (χ3v) is 9.22. The third kappa shape index (κ3) is 6.33. The number of piperazine rings is 1. The summed E-state index contributed by atoms with van der Waals surface area (Å²) < 4.78 is 49.1. The molecule has 0 bridgehead atoms. The molecule has 0 spiro atoms. The number of fused-ring (bicyclic) bond motifs is 1. The van der Waals surface area contributed by atoms with Gasteiger partial charge in [-0.25, -0.2) is 4.79 Å². The smallest absolute Gasteiger partial charge is 0.363 e. The Balaban J connectivity index is 1.31. The Bertz CT molecular complexity index is 1690. The van der Waals surface area contributed by atoms with E-state index in [-0.39, 0.29) is 36.6 Å². The molecule has 250 valence electrons. The van der Waals surface area contributed by atoms with Crippen LogP contribution in [0.4, 0.5) is 18.0 Å². The first-order valence-electron chi connectivity index (χ1n) is 16.0. The fourth-order valence-electron chi connectivity index (χ4n) is 6.87. The lowest BCUT2D eigenvalue weighted by Gasteiger charge is -2.45. The van der Waals surface area contributed by atoms with E-state index in [0.29, 0.717) is 36.4 Å². The Morgan fingerprint density at radius 1 is 1.11 bits per heavy atom. The van der Waals surface area contributed by atoms with Gasteiger partial charge in [-0.15, -0.1) is 0 Å². The number of nitrogens with zero attached hydrogens (tertiary/aromatic N) is 5. The number of dihydropyridines is 1. The number of likely N-dealkylation sites (N-methyl/N-ethyl adjacent to an activating group) is 1. The molecule has 2 fully saturated rings. The Hall–Kier alpha value is -4.36. The monoisotopic (exact) mass is 651 g/mol. The number of para-hydroxylation sites is 1. The van der Waals surface area contributed by atoms with Gasteiger partial charge in [0.15, 0.2) is 5.72 Å². The topological polar surface area (TPSA) is 95.0 Å². The van der Waals surface area contributed by atoms with Crippen LogP contribution in [0.3, 0.4) is 0 Å². The number of halogens is 3. The molecule has 3 aliphatic rings. The standard InChI is InChI=1S/C34H40F3N7O3/c1-4-26-22-42(32(46)44-17-12-23-8-6-10-27(30(23)44)34(35,36)37)18-19-43(26)28-11-14-33(47-5-2,24-9-7-15-38-20-24)40-29(28)31(45)39-25-13-16-41(3)21-25/h6-12,14-15,17,20,25-26,40H,4-5,13,16,18-19,21-22H2,1-3H3,(H,39,45)/t25-,26-,33?/m1/s1. The first-order valence-corrected chi connectivity index (χ1v) is 16.0. The molecule has 3 aromatic rings. The van der Waals surface area contributed by atoms with Crippen LogP contribution in [0.1, 0.15) is 37.8 Å². The van der Waals surface area contributed by atoms with Crippen LogP contribution in [0, 0.1) is 0 Å². The number of alkyl halides is 3. The second-order valence-corrected chi connectivity index (χ2v) is 12.3. The highest BCUT2D eigenvalue weighted by Gasteiger charge is 2.41. The second-order valence-electron chi connectivity index (χ2n) is 12.3. The van der Waals surface area contributed by atoms with Crippen LogP contribution in [0.2, 0.25) is 0 Å². The number of hydrogen-bond donors (Lipinski definition) is 2. The zero-order chi connectivity index (χ0) is 33.3. The molecular weight excluding hydrogens is 611 g/mol. The van der Waals surface area contributed by atoms with Crippen molar-refractivity contribution in [2.75, 3.05) is 46.4 Å². The molecule has 0 saturated carbocycles. The van der Waals surface area contributed by atoms with E-state index in [1.807, 2.05) is 45.2 Å². The van der Waals surface area contributed by atoms with Crippen molar-refractivity contribution in [3.63, 3.8) is 0 Å². The highest BCUT2D eigenvalue weighted by molar-refractivity contribution is 5.95. The summed E-state index contributed by atoms with van der Waals surface area (Å²) in [5, 5.41) is 6.98. The molecule has 5 heterocycles. The average molecular weight is 652 g/mol. The fraction of sp³-hybridized carbons (Fsp3) is 0.441. The van der Waals surface area contributed by atoms with E-state index in [1.54, 1.807) is 23.4 Å². The molecule has 13 heteroatoms. The molecule has 47 heavy (non-hydrogen) atoms. The molecule has 3 atom stereocenters. The number of aromatic nitrogens is 2. The lowest BCUT2D eigenvalue weighted by atomic mass is 9.97. The number of hydrogen-bond acceptors (Lipinski definition) is 7. The number of likely N-dealkylation sites (tertiary alicyclic amines) is 1. The molecular formula is C34H40F3N7O3. The van der Waals surface area contributed by atoms with Gasteiger partial charge in [-0.3, -0.25) is 14.3 Å². The van der Waals surface area contributed by atoms with Gasteiger partial charge in [-0.2, -0.15) is 13.2 Å². The highest BCUT2D eigenvalue weighted by Crippen LogP contribution is 2.36. The molecule has 1 unspecified atom stereocenters. The minimum atomic E-state index is -4.61. The second kappa shape index (κ2) is 13.0. The van der Waals surface area contributed by atoms with Crippen LogP contribution < -0.4 is 10.6 Å². The zero-order valence-corrected chi connectivity index (χ0v) is 26.8. The summed E-state index contributed by atoms with van der Waals surface area (Å²) in [6, 6.07) is 8.40. The number of nitrogens with one attached hydrogen (secondary N) is 2. The largest absolute Gasteiger partial charge is 0.418 e. The van der Waals surface area contributed by atoms with Crippen molar-refractivity contribution in [1.29, 1.82) is 0 Å². The number of allylic oxidation sites excluding steroid dienone is 1. The number of benzene rings is 1. The molecule has 0 aliphatic carbocycles. The number of carbonyl (C=O) groups excluding carboxylic acids is 2. The van der Waals surface area contributed by atoms with Gasteiger partial charge in [0.2, 0.25) is 0 Å². The first kappa shape index (κ1) is 32.6. The van der Waals surface area contributed by atoms with E-state index >= 15 is 0 Å². The summed E-state index contributed by atoms with van der Waals surface area (Å²) in [4.78, 5) is 38.0. The quantitative estimate of drug-likeness (QED) is 0.389. The van der Waals surface area contributed by atoms with E-state index in [4.69, 9.17) is 4.74 Å². The maximum absolute atomic E-state index is 14.1. The Labute approximate surface area is 271 Å². The molecule has 2 aromatic heterocycles. The third-order valence-electron chi connectivity index (χ3n) is 9.22. The normalized spacial score (nSPS) is 23.8. The minimum absolute atomic E-state index is 0.0109. The van der Waals surface area contributed by atoms with Crippen LogP contribution in [-0.2, 0) is 21.4 Å². The van der Waals surface area contributed by atoms with E-state index in [0.717, 1.165) is 35.7 Å². The predicted molar refractivity (Wildman–Crippen MR) is 171 cm³/mol. The zero-order valence-electron chi connectivity index (χ0n) is 26.8. The van der Waals surface area contributed by atoms with Crippen LogP contribution in [-0.4, -0.2) is 94.7 Å². The minimum Gasteiger partial charge on any atom is -0.363 e. The Morgan fingerprint density at radius 3 is 2.62 bits per heavy atom. The van der Waals surface area contributed by atoms with Gasteiger partial charge < -0.3 is 30.1 Å². The van der Waals surface area contributed by atoms with Crippen LogP contribution >= 0.6 is 0 Å². The summed E-state index contributed by atoms with van der Waals surface area (Å²) in [6.45, 7) is 6.76. The van der Waals surface area contributed by atoms with Crippen LogP contribution in [0.25, 0.3) is 10.9 Å². The summed E-state index contributed by atoms with van der Waals surface area (Å²) in [5.74, 6) is -0.260. The average Bonchev–Trinajstić information content (AvgIpc) is 3.69. The number of pyridine rings is 1. The van der Waals surface area contributed by atoms with Gasteiger partial charge in [0.1, 0.15) is 5.70 Å². The van der Waals surface area contributed by atoms with Crippen molar-refractivity contribution in [3.05, 3.63) is 89.7 Å². The van der Waals surface area contributed by atoms with Crippen molar-refractivity contribution in [1.82, 2.24) is 34.9 Å². The predicted octanol–water partition coefficient (Wildman–Crippen LogP) is 4.50. The molecule has 2 N–H and O–H groups in total. The molecule has 0 radical (unpaired) electrons. The van der Waals surface area contributed by atoms with Crippen molar-refractivity contribution < 1.29 is 27.5 Å². The summed E-state index contributed by atoms with van der Waals surface area (Å²) in [7, 11) is 2.02. The Kier molecular flexibility index (Phi) is 9.03. The molecule has 3 aliphatic heterocycles. The fourth-order valence-corrected chi connectivity index (χ4v) is 6.87. The SMILES string of the molecule is CCOC1(c2cccnc2)C=CC(N2CCN(C(=O)n3ccc4cccc(C(F)(F)F)c43)C[C@H]2CC)=C(C(=O)N[C@@H]2CCN(C)C2)N1. The van der Waals surface area contributed by atoms with Crippen molar-refractivity contribution >= 4 is 22.8 Å². The Morgan fingerprint density at radius 2 is 1.94 bits per heavy atom. The van der Waals surface area contributed by atoms with E-state index in [1.165, 1.54) is 18.3 Å². The maximum atomic E-state index is 14.1. The van der Waals surface area contributed by atoms with Gasteiger partial charge in [0.25, 0.3) is 5.91 Å². The summed E-state index contributed by atoms with van der Waals surface area (Å²) >= 11 is 0. The number of carbonyl (C=O) groups is 2. The van der Waals surface area contributed by atoms with Gasteiger partial charge in [-0.1, -0.05) is 25.1 Å². The van der Waals surface area contributed by atoms with Crippen LogP contribution in [0.5, 0.6) is 0 Å². The molecule has 2 amide bonds. The van der Waals surface area contributed by atoms with Gasteiger partial charge in [0, 0.05) is 74.4 Å². The molecule has 10 nitrogen and oxygen atoms in total. The number of amides is 2. The van der Waals surface area contributed by atoms with Crippen LogP contribution in [0.15, 0.2) is 78.5 Å². The van der Waals surface area contributed by atoms with Crippen molar-refractivity contribution in [2.24, 2.45) is 0 Å². The molecule has 2 saturated heterocycles. The van der Waals surface area contributed by atoms with Gasteiger partial charge >= 0.3 is 12.2 Å².